The van der Waals surface area contributed by atoms with Gasteiger partial charge in [-0.3, -0.25) is 10.1 Å². The topological polar surface area (TPSA) is 136 Å². The van der Waals surface area contributed by atoms with Gasteiger partial charge in [0.2, 0.25) is 10.0 Å². The number of carbonyl (C=O) groups is 1. The molecule has 0 saturated carbocycles. The van der Waals surface area contributed by atoms with Crippen molar-refractivity contribution in [3.63, 3.8) is 0 Å². The molecule has 20 heavy (non-hydrogen) atoms. The van der Waals surface area contributed by atoms with Crippen LogP contribution in [0, 0.1) is 10.1 Å². The Morgan fingerprint density at radius 1 is 1.50 bits per heavy atom. The van der Waals surface area contributed by atoms with Gasteiger partial charge in [-0.2, -0.15) is 0 Å². The lowest BCUT2D eigenvalue weighted by atomic mass is 10.3. The molecule has 0 saturated heterocycles. The molecule has 0 radical (unpaired) electrons. The summed E-state index contributed by atoms with van der Waals surface area (Å²) >= 11 is 0. The van der Waals surface area contributed by atoms with Gasteiger partial charge >= 0.3 is 5.97 Å². The molecular formula is C10H12N2O7S. The summed E-state index contributed by atoms with van der Waals surface area (Å²) in [5.41, 5.74) is -0.604. The first-order valence-corrected chi connectivity index (χ1v) is 6.77. The lowest BCUT2D eigenvalue weighted by Gasteiger charge is -2.10. The first-order valence-electron chi connectivity index (χ1n) is 5.28. The van der Waals surface area contributed by atoms with E-state index in [1.165, 1.54) is 12.1 Å². The van der Waals surface area contributed by atoms with Crippen LogP contribution in [0.3, 0.4) is 0 Å². The molecule has 0 amide bonds. The Labute approximate surface area is 114 Å². The van der Waals surface area contributed by atoms with E-state index < -0.39 is 44.1 Å². The summed E-state index contributed by atoms with van der Waals surface area (Å²) in [6.07, 6.45) is -1.70. The van der Waals surface area contributed by atoms with E-state index in [4.69, 9.17) is 0 Å². The Morgan fingerprint density at radius 2 is 2.10 bits per heavy atom. The molecule has 0 spiro atoms. The molecule has 1 rings (SSSR count). The summed E-state index contributed by atoms with van der Waals surface area (Å²) in [6.45, 7) is -0.652. The third-order valence-corrected chi connectivity index (χ3v) is 3.76. The van der Waals surface area contributed by atoms with Crippen LogP contribution < -0.4 is 4.72 Å². The fraction of sp³-hybridized carbons (Fsp3) is 0.300. The fourth-order valence-electron chi connectivity index (χ4n) is 1.32. The highest BCUT2D eigenvalue weighted by Gasteiger charge is 2.26. The minimum absolute atomic E-state index is 0.554. The van der Waals surface area contributed by atoms with Crippen molar-refractivity contribution in [2.24, 2.45) is 0 Å². The zero-order valence-electron chi connectivity index (χ0n) is 10.3. The Bertz CT molecular complexity index is 614. The summed E-state index contributed by atoms with van der Waals surface area (Å²) in [5, 5.41) is 20.0. The van der Waals surface area contributed by atoms with Gasteiger partial charge < -0.3 is 9.84 Å². The molecule has 0 aliphatic heterocycles. The quantitative estimate of drug-likeness (QED) is 0.407. The Kier molecular flexibility index (Phi) is 5.13. The number of hydrogen-bond acceptors (Lipinski definition) is 7. The van der Waals surface area contributed by atoms with Crippen LogP contribution in [0.5, 0.6) is 0 Å². The normalized spacial score (nSPS) is 12.7. The molecule has 0 fully saturated rings. The number of hydrogen-bond donors (Lipinski definition) is 2. The zero-order chi connectivity index (χ0) is 15.3. The average molecular weight is 304 g/mol. The van der Waals surface area contributed by atoms with Gasteiger partial charge in [0.05, 0.1) is 12.0 Å². The molecule has 1 aromatic rings. The van der Waals surface area contributed by atoms with Crippen molar-refractivity contribution in [1.82, 2.24) is 4.72 Å². The number of ether oxygens (including phenoxy) is 1. The van der Waals surface area contributed by atoms with Crippen molar-refractivity contribution >= 4 is 21.7 Å². The monoisotopic (exact) mass is 304 g/mol. The van der Waals surface area contributed by atoms with Crippen molar-refractivity contribution in [1.29, 1.82) is 0 Å². The van der Waals surface area contributed by atoms with Crippen LogP contribution in [0.1, 0.15) is 0 Å². The number of nitro groups is 1. The van der Waals surface area contributed by atoms with Gasteiger partial charge in [0.15, 0.2) is 11.0 Å². The van der Waals surface area contributed by atoms with E-state index in [0.717, 1.165) is 19.2 Å². The molecule has 0 bridgehead atoms. The maximum Gasteiger partial charge on any atom is 0.336 e. The molecule has 1 unspecified atom stereocenters. The SMILES string of the molecule is COC(=O)C(O)CNS(=O)(=O)c1ccccc1[N+](=O)[O-]. The van der Waals surface area contributed by atoms with Gasteiger partial charge in [0.25, 0.3) is 5.69 Å². The number of nitrogens with one attached hydrogen (secondary N) is 1. The van der Waals surface area contributed by atoms with E-state index in [9.17, 15) is 28.4 Å². The van der Waals surface area contributed by atoms with Crippen LogP contribution in [-0.2, 0) is 19.6 Å². The minimum atomic E-state index is -4.23. The second-order valence-electron chi connectivity index (χ2n) is 3.62. The number of aliphatic hydroxyl groups is 1. The Hall–Kier alpha value is -2.04. The number of aliphatic hydroxyl groups excluding tert-OH is 1. The van der Waals surface area contributed by atoms with Crippen LogP contribution in [0.2, 0.25) is 0 Å². The standard InChI is InChI=1S/C10H12N2O7S/c1-19-10(14)8(13)6-11-20(17,18)9-5-3-2-4-7(9)12(15)16/h2-5,8,11,13H,6H2,1H3. The predicted molar refractivity (Wildman–Crippen MR) is 66.3 cm³/mol. The fourth-order valence-corrected chi connectivity index (χ4v) is 2.53. The highest BCUT2D eigenvalue weighted by Crippen LogP contribution is 2.22. The van der Waals surface area contributed by atoms with Crippen molar-refractivity contribution in [3.05, 3.63) is 34.4 Å². The molecule has 110 valence electrons. The maximum atomic E-state index is 11.9. The molecular weight excluding hydrogens is 292 g/mol. The van der Waals surface area contributed by atoms with E-state index in [1.54, 1.807) is 0 Å². The molecule has 1 atom stereocenters. The van der Waals surface area contributed by atoms with E-state index in [-0.39, 0.29) is 0 Å². The van der Waals surface area contributed by atoms with Gasteiger partial charge in [-0.15, -0.1) is 0 Å². The highest BCUT2D eigenvalue weighted by molar-refractivity contribution is 7.89. The van der Waals surface area contributed by atoms with Crippen molar-refractivity contribution in [2.75, 3.05) is 13.7 Å². The molecule has 2 N–H and O–H groups in total. The van der Waals surface area contributed by atoms with Gasteiger partial charge in [-0.25, -0.2) is 17.9 Å². The summed E-state index contributed by atoms with van der Waals surface area (Å²) in [4.78, 5) is 20.3. The predicted octanol–water partition coefficient (Wildman–Crippen LogP) is -0.593. The van der Waals surface area contributed by atoms with Gasteiger partial charge in [0, 0.05) is 12.6 Å². The number of carbonyl (C=O) groups excluding carboxylic acids is 1. The number of nitrogens with zero attached hydrogens (tertiary/aromatic N) is 1. The van der Waals surface area contributed by atoms with Crippen LogP contribution >= 0.6 is 0 Å². The van der Waals surface area contributed by atoms with E-state index >= 15 is 0 Å². The van der Waals surface area contributed by atoms with Crippen molar-refractivity contribution in [2.45, 2.75) is 11.0 Å². The summed E-state index contributed by atoms with van der Waals surface area (Å²) in [5.74, 6) is -1.02. The number of para-hydroxylation sites is 1. The third kappa shape index (κ3) is 3.73. The van der Waals surface area contributed by atoms with Gasteiger partial charge in [-0.05, 0) is 6.07 Å². The van der Waals surface area contributed by atoms with Crippen LogP contribution in [0.4, 0.5) is 5.69 Å². The lowest BCUT2D eigenvalue weighted by Crippen LogP contribution is -2.37. The molecule has 1 aromatic carbocycles. The molecule has 0 aliphatic carbocycles. The van der Waals surface area contributed by atoms with Crippen LogP contribution in [0.25, 0.3) is 0 Å². The largest absolute Gasteiger partial charge is 0.467 e. The van der Waals surface area contributed by atoms with Gasteiger partial charge in [0.1, 0.15) is 0 Å². The van der Waals surface area contributed by atoms with E-state index in [0.29, 0.717) is 0 Å². The summed E-state index contributed by atoms with van der Waals surface area (Å²) < 4.78 is 29.9. The minimum Gasteiger partial charge on any atom is -0.467 e. The smallest absolute Gasteiger partial charge is 0.336 e. The van der Waals surface area contributed by atoms with Crippen molar-refractivity contribution < 1.29 is 28.0 Å². The van der Waals surface area contributed by atoms with Gasteiger partial charge in [-0.1, -0.05) is 12.1 Å². The highest BCUT2D eigenvalue weighted by atomic mass is 32.2. The zero-order valence-corrected chi connectivity index (χ0v) is 11.2. The maximum absolute atomic E-state index is 11.9. The molecule has 9 nitrogen and oxygen atoms in total. The Morgan fingerprint density at radius 3 is 2.65 bits per heavy atom. The van der Waals surface area contributed by atoms with E-state index in [1.807, 2.05) is 4.72 Å². The summed E-state index contributed by atoms with van der Waals surface area (Å²) in [7, 11) is -3.20. The molecule has 0 aliphatic rings. The number of esters is 1. The number of sulfonamides is 1. The molecule has 10 heteroatoms. The number of benzene rings is 1. The van der Waals surface area contributed by atoms with Crippen LogP contribution in [0.15, 0.2) is 29.2 Å². The molecule has 0 aromatic heterocycles. The number of nitro benzene ring substituents is 1. The number of rotatable bonds is 6. The first-order chi connectivity index (χ1) is 9.29. The first kappa shape index (κ1) is 16.0. The lowest BCUT2D eigenvalue weighted by molar-refractivity contribution is -0.387. The number of methoxy groups -OCH3 is 1. The summed E-state index contributed by atoms with van der Waals surface area (Å²) in [6, 6.07) is 4.72. The second kappa shape index (κ2) is 6.41. The molecule has 0 heterocycles. The van der Waals surface area contributed by atoms with E-state index in [2.05, 4.69) is 4.74 Å². The van der Waals surface area contributed by atoms with Crippen molar-refractivity contribution in [3.8, 4) is 0 Å². The average Bonchev–Trinajstić information content (AvgIpc) is 2.43. The third-order valence-electron chi connectivity index (χ3n) is 2.29. The Balaban J connectivity index is 2.95. The second-order valence-corrected chi connectivity index (χ2v) is 5.35. The van der Waals surface area contributed by atoms with Crippen LogP contribution in [-0.4, -0.2) is 44.2 Å².